The van der Waals surface area contributed by atoms with Crippen molar-refractivity contribution in [3.05, 3.63) is 29.1 Å². The molecule has 0 saturated heterocycles. The van der Waals surface area contributed by atoms with Crippen molar-refractivity contribution in [2.75, 3.05) is 85.9 Å². The summed E-state index contributed by atoms with van der Waals surface area (Å²) in [7, 11) is 0. The van der Waals surface area contributed by atoms with E-state index in [-0.39, 0.29) is 39.0 Å². The second-order valence-corrected chi connectivity index (χ2v) is 9.89. The highest BCUT2D eigenvalue weighted by Crippen LogP contribution is 2.29. The third-order valence-electron chi connectivity index (χ3n) is 6.17. The van der Waals surface area contributed by atoms with Gasteiger partial charge in [0.2, 0.25) is 34.8 Å². The van der Waals surface area contributed by atoms with Crippen molar-refractivity contribution in [1.29, 1.82) is 0 Å². The van der Waals surface area contributed by atoms with E-state index in [2.05, 4.69) is 11.7 Å². The van der Waals surface area contributed by atoms with Crippen molar-refractivity contribution in [1.82, 2.24) is 0 Å². The minimum absolute atomic E-state index is 0.0801. The number of ether oxygens (including phenoxy) is 8. The Morgan fingerprint density at radius 1 is 0.435 bits per heavy atom. The molecule has 0 saturated carbocycles. The first-order chi connectivity index (χ1) is 22.3. The minimum atomic E-state index is -2.35. The summed E-state index contributed by atoms with van der Waals surface area (Å²) in [6.45, 7) is 5.65. The Hall–Kier alpha value is -2.43. The van der Waals surface area contributed by atoms with Crippen LogP contribution in [0.3, 0.4) is 0 Å². The zero-order valence-electron chi connectivity index (χ0n) is 26.5. The molecule has 10 nitrogen and oxygen atoms in total. The molecule has 0 aromatic heterocycles. The van der Waals surface area contributed by atoms with Gasteiger partial charge >= 0.3 is 11.9 Å². The number of carbonyl (C=O) groups excluding carboxylic acids is 2. The van der Waals surface area contributed by atoms with Crippen molar-refractivity contribution in [3.63, 3.8) is 0 Å². The summed E-state index contributed by atoms with van der Waals surface area (Å²) in [6, 6.07) is 0. The molecule has 0 atom stereocenters. The number of hydrogen-bond acceptors (Lipinski definition) is 10. The molecule has 0 aliphatic carbocycles. The zero-order valence-corrected chi connectivity index (χ0v) is 26.5. The van der Waals surface area contributed by atoms with Crippen LogP contribution in [0.2, 0.25) is 0 Å². The maximum atomic E-state index is 13.5. The van der Waals surface area contributed by atoms with Crippen molar-refractivity contribution in [2.24, 2.45) is 0 Å². The lowest BCUT2D eigenvalue weighted by molar-refractivity contribution is -0.145. The van der Waals surface area contributed by atoms with Gasteiger partial charge in [-0.2, -0.15) is 8.78 Å². The van der Waals surface area contributed by atoms with Gasteiger partial charge in [-0.25, -0.2) is 13.2 Å². The van der Waals surface area contributed by atoms with Gasteiger partial charge in [0.05, 0.1) is 85.7 Å². The summed E-state index contributed by atoms with van der Waals surface area (Å²) >= 11 is 0. The van der Waals surface area contributed by atoms with Crippen LogP contribution in [0.25, 0.3) is 0 Å². The van der Waals surface area contributed by atoms with E-state index in [1.54, 1.807) is 0 Å². The fourth-order valence-corrected chi connectivity index (χ4v) is 3.71. The highest BCUT2D eigenvalue weighted by atomic mass is 19.2. The van der Waals surface area contributed by atoms with Gasteiger partial charge < -0.3 is 37.9 Å². The molecule has 0 heterocycles. The highest BCUT2D eigenvalue weighted by Gasteiger charge is 2.28. The standard InChI is InChI=1S/C31H47F5O10/c1-2-3-4-5-6-7-8-9-24(37)45-23-22-44-21-20-43-19-18-42-17-16-41-15-14-40-13-12-39-11-10-25(38)46-31-29(35)27(33)26(32)28(34)30(31)36/h2-23H2,1H3. The van der Waals surface area contributed by atoms with Crippen LogP contribution in [0, 0.1) is 29.1 Å². The summed E-state index contributed by atoms with van der Waals surface area (Å²) in [6.07, 6.45) is 8.05. The van der Waals surface area contributed by atoms with Crippen LogP contribution in [0.1, 0.15) is 64.7 Å². The highest BCUT2D eigenvalue weighted by molar-refractivity contribution is 5.72. The van der Waals surface area contributed by atoms with Gasteiger partial charge in [-0.15, -0.1) is 0 Å². The minimum Gasteiger partial charge on any atom is -0.463 e. The molecule has 1 rings (SSSR count). The lowest BCUT2D eigenvalue weighted by atomic mass is 10.1. The molecular formula is C31H47F5O10. The average Bonchev–Trinajstić information content (AvgIpc) is 3.05. The molecule has 0 radical (unpaired) electrons. The molecular weight excluding hydrogens is 627 g/mol. The lowest BCUT2D eigenvalue weighted by Gasteiger charge is -2.09. The SMILES string of the molecule is CCCCCCCCCC(=O)OCCOCCOCCOCCOCCOCCOCCC(=O)Oc1c(F)c(F)c(F)c(F)c1F. The summed E-state index contributed by atoms with van der Waals surface area (Å²) in [5.74, 6) is -14.3. The molecule has 0 spiro atoms. The second-order valence-electron chi connectivity index (χ2n) is 9.89. The van der Waals surface area contributed by atoms with Crippen LogP contribution in [0.5, 0.6) is 5.75 Å². The first-order valence-corrected chi connectivity index (χ1v) is 15.6. The van der Waals surface area contributed by atoms with Gasteiger partial charge in [0, 0.05) is 6.42 Å². The summed E-state index contributed by atoms with van der Waals surface area (Å²) in [5.41, 5.74) is 0. The Balaban J connectivity index is 1.81. The van der Waals surface area contributed by atoms with E-state index in [1.807, 2.05) is 0 Å². The number of unbranched alkanes of at least 4 members (excludes halogenated alkanes) is 6. The maximum Gasteiger partial charge on any atom is 0.313 e. The molecule has 1 aromatic rings. The fourth-order valence-electron chi connectivity index (χ4n) is 3.71. The van der Waals surface area contributed by atoms with Gasteiger partial charge in [-0.1, -0.05) is 45.4 Å². The van der Waals surface area contributed by atoms with Crippen LogP contribution >= 0.6 is 0 Å². The summed E-state index contributed by atoms with van der Waals surface area (Å²) in [4.78, 5) is 23.3. The van der Waals surface area contributed by atoms with E-state index < -0.39 is 47.2 Å². The maximum absolute atomic E-state index is 13.5. The number of benzene rings is 1. The monoisotopic (exact) mass is 674 g/mol. The zero-order chi connectivity index (χ0) is 33.8. The lowest BCUT2D eigenvalue weighted by Crippen LogP contribution is -2.16. The number of esters is 2. The van der Waals surface area contributed by atoms with E-state index in [9.17, 15) is 31.5 Å². The Morgan fingerprint density at radius 3 is 1.26 bits per heavy atom. The average molecular weight is 675 g/mol. The number of carbonyl (C=O) groups is 2. The van der Waals surface area contributed by atoms with E-state index in [0.717, 1.165) is 12.8 Å². The van der Waals surface area contributed by atoms with Crippen molar-refractivity contribution < 1.29 is 69.4 Å². The Kier molecular flexibility index (Phi) is 25.0. The molecule has 0 N–H and O–H groups in total. The van der Waals surface area contributed by atoms with Gasteiger partial charge in [-0.3, -0.25) is 9.59 Å². The normalized spacial score (nSPS) is 11.3. The summed E-state index contributed by atoms with van der Waals surface area (Å²) in [5, 5.41) is 0. The van der Waals surface area contributed by atoms with Crippen LogP contribution in [0.4, 0.5) is 22.0 Å². The number of rotatable bonds is 30. The predicted octanol–water partition coefficient (Wildman–Crippen LogP) is 5.46. The van der Waals surface area contributed by atoms with Crippen molar-refractivity contribution in [2.45, 2.75) is 64.7 Å². The molecule has 0 fully saturated rings. The Bertz CT molecular complexity index is 941. The van der Waals surface area contributed by atoms with Crippen LogP contribution in [-0.2, 0) is 42.7 Å². The molecule has 15 heteroatoms. The molecule has 266 valence electrons. The van der Waals surface area contributed by atoms with Gasteiger partial charge in [0.1, 0.15) is 6.61 Å². The van der Waals surface area contributed by atoms with E-state index >= 15 is 0 Å². The van der Waals surface area contributed by atoms with Crippen molar-refractivity contribution >= 4 is 11.9 Å². The van der Waals surface area contributed by atoms with Gasteiger partial charge in [-0.05, 0) is 6.42 Å². The molecule has 0 amide bonds. The molecule has 0 aliphatic rings. The van der Waals surface area contributed by atoms with Gasteiger partial charge in [0.15, 0.2) is 0 Å². The molecule has 0 bridgehead atoms. The molecule has 0 aliphatic heterocycles. The topological polar surface area (TPSA) is 108 Å². The van der Waals surface area contributed by atoms with Crippen LogP contribution in [-0.4, -0.2) is 97.8 Å². The molecule has 0 unspecified atom stereocenters. The van der Waals surface area contributed by atoms with E-state index in [0.29, 0.717) is 59.3 Å². The smallest absolute Gasteiger partial charge is 0.313 e. The first-order valence-electron chi connectivity index (χ1n) is 15.6. The van der Waals surface area contributed by atoms with E-state index in [1.165, 1.54) is 32.1 Å². The Labute approximate surface area is 267 Å². The van der Waals surface area contributed by atoms with Crippen molar-refractivity contribution in [3.8, 4) is 5.75 Å². The first kappa shape index (κ1) is 41.6. The summed E-state index contributed by atoms with van der Waals surface area (Å²) < 4.78 is 108. The molecule has 1 aromatic carbocycles. The second kappa shape index (κ2) is 27.7. The van der Waals surface area contributed by atoms with E-state index in [4.69, 9.17) is 33.2 Å². The predicted molar refractivity (Wildman–Crippen MR) is 155 cm³/mol. The number of halogens is 5. The largest absolute Gasteiger partial charge is 0.463 e. The fraction of sp³-hybridized carbons (Fsp3) is 0.742. The van der Waals surface area contributed by atoms with Crippen LogP contribution in [0.15, 0.2) is 0 Å². The third-order valence-corrected chi connectivity index (χ3v) is 6.17. The molecule has 46 heavy (non-hydrogen) atoms. The Morgan fingerprint density at radius 2 is 0.804 bits per heavy atom. The van der Waals surface area contributed by atoms with Gasteiger partial charge in [0.25, 0.3) is 0 Å². The van der Waals surface area contributed by atoms with Crippen LogP contribution < -0.4 is 4.74 Å². The quantitative estimate of drug-likeness (QED) is 0.0261. The third kappa shape index (κ3) is 19.9. The number of hydrogen-bond donors (Lipinski definition) is 0.